The van der Waals surface area contributed by atoms with E-state index in [9.17, 15) is 19.5 Å². The molecule has 0 bridgehead atoms. The Labute approximate surface area is 200 Å². The number of rotatable bonds is 7. The van der Waals surface area contributed by atoms with Crippen molar-refractivity contribution in [3.8, 4) is 0 Å². The van der Waals surface area contributed by atoms with Crippen LogP contribution in [0.2, 0.25) is 0 Å². The van der Waals surface area contributed by atoms with Gasteiger partial charge in [0, 0.05) is 0 Å². The summed E-state index contributed by atoms with van der Waals surface area (Å²) in [5, 5.41) is 10.00. The fourth-order valence-corrected chi connectivity index (χ4v) is 4.69. The van der Waals surface area contributed by atoms with Crippen LogP contribution in [-0.4, -0.2) is 52.5 Å². The maximum Gasteiger partial charge on any atom is 0.338 e. The molecule has 174 valence electrons. The molecule has 0 saturated carbocycles. The third-order valence-corrected chi connectivity index (χ3v) is 6.48. The predicted octanol–water partition coefficient (Wildman–Crippen LogP) is 3.73. The molecule has 34 heavy (non-hydrogen) atoms. The van der Waals surface area contributed by atoms with E-state index < -0.39 is 40.8 Å². The van der Waals surface area contributed by atoms with Gasteiger partial charge in [0.2, 0.25) is 0 Å². The van der Waals surface area contributed by atoms with E-state index >= 15 is 0 Å². The molecule has 0 amide bonds. The number of esters is 3. The summed E-state index contributed by atoms with van der Waals surface area (Å²) in [6.07, 6.45) is -2.19. The van der Waals surface area contributed by atoms with E-state index in [0.29, 0.717) is 16.7 Å². The fraction of sp³-hybridized carbons (Fsp3) is 0.192. The molecule has 4 atom stereocenters. The van der Waals surface area contributed by atoms with Gasteiger partial charge in [-0.2, -0.15) is 0 Å². The van der Waals surface area contributed by atoms with E-state index in [1.165, 1.54) is 0 Å². The lowest BCUT2D eigenvalue weighted by atomic mass is 10.1. The van der Waals surface area contributed by atoms with Crippen molar-refractivity contribution in [2.45, 2.75) is 22.9 Å². The topological polar surface area (TPSA) is 99.1 Å². The van der Waals surface area contributed by atoms with Crippen molar-refractivity contribution >= 4 is 29.7 Å². The summed E-state index contributed by atoms with van der Waals surface area (Å²) in [5.41, 5.74) is -0.202. The molecule has 1 aliphatic heterocycles. The zero-order chi connectivity index (χ0) is 23.9. The first kappa shape index (κ1) is 23.5. The molecule has 3 aromatic rings. The van der Waals surface area contributed by atoms with Gasteiger partial charge < -0.3 is 19.3 Å². The van der Waals surface area contributed by atoms with Crippen molar-refractivity contribution in [1.29, 1.82) is 0 Å². The largest absolute Gasteiger partial charge is 0.461 e. The molecule has 7 nitrogen and oxygen atoms in total. The smallest absolute Gasteiger partial charge is 0.338 e. The van der Waals surface area contributed by atoms with Crippen LogP contribution < -0.4 is 0 Å². The Hall–Kier alpha value is -3.62. The van der Waals surface area contributed by atoms with E-state index in [1.807, 2.05) is 0 Å². The highest BCUT2D eigenvalue weighted by atomic mass is 32.2. The maximum absolute atomic E-state index is 12.8. The molecule has 1 aliphatic rings. The number of benzene rings is 3. The van der Waals surface area contributed by atoms with Crippen molar-refractivity contribution in [2.24, 2.45) is 0 Å². The monoisotopic (exact) mass is 478 g/mol. The fourth-order valence-electron chi connectivity index (χ4n) is 3.46. The number of thioether (sulfide) groups is 1. The number of carbonyl (C=O) groups is 3. The quantitative estimate of drug-likeness (QED) is 0.405. The Morgan fingerprint density at radius 1 is 0.647 bits per heavy atom. The average molecular weight is 479 g/mol. The summed E-state index contributed by atoms with van der Waals surface area (Å²) < 4.78 is 16.6. The van der Waals surface area contributed by atoms with E-state index in [2.05, 4.69) is 0 Å². The van der Waals surface area contributed by atoms with Gasteiger partial charge in [0.1, 0.15) is 12.0 Å². The third kappa shape index (κ3) is 5.65. The molecule has 0 aliphatic carbocycles. The molecule has 1 fully saturated rings. The van der Waals surface area contributed by atoms with Crippen molar-refractivity contribution in [2.75, 3.05) is 6.61 Å². The highest BCUT2D eigenvalue weighted by Gasteiger charge is 2.49. The third-order valence-electron chi connectivity index (χ3n) is 5.18. The van der Waals surface area contributed by atoms with Crippen LogP contribution in [0.15, 0.2) is 91.0 Å². The number of carbonyl (C=O) groups excluding carboxylic acids is 3. The van der Waals surface area contributed by atoms with Gasteiger partial charge in [-0.15, -0.1) is 11.8 Å². The second-order valence-corrected chi connectivity index (χ2v) is 8.86. The van der Waals surface area contributed by atoms with Gasteiger partial charge in [0.15, 0.2) is 12.2 Å². The molecule has 1 N–H and O–H groups in total. The Kier molecular flexibility index (Phi) is 7.61. The second kappa shape index (κ2) is 11.0. The van der Waals surface area contributed by atoms with Gasteiger partial charge in [0.25, 0.3) is 0 Å². The minimum atomic E-state index is -1.18. The zero-order valence-electron chi connectivity index (χ0n) is 18.0. The normalized spacial score (nSPS) is 21.4. The van der Waals surface area contributed by atoms with Crippen molar-refractivity contribution in [1.82, 2.24) is 0 Å². The second-order valence-electron chi connectivity index (χ2n) is 7.50. The Morgan fingerprint density at radius 3 is 1.53 bits per heavy atom. The first-order valence-corrected chi connectivity index (χ1v) is 11.5. The number of aliphatic hydroxyl groups is 1. The average Bonchev–Trinajstić information content (AvgIpc) is 3.17. The lowest BCUT2D eigenvalue weighted by Gasteiger charge is -2.24. The number of ether oxygens (including phenoxy) is 3. The van der Waals surface area contributed by atoms with Gasteiger partial charge in [0.05, 0.1) is 21.9 Å². The lowest BCUT2D eigenvalue weighted by Crippen LogP contribution is -2.41. The Bertz CT molecular complexity index is 1120. The van der Waals surface area contributed by atoms with Crippen molar-refractivity contribution in [3.63, 3.8) is 0 Å². The highest BCUT2D eigenvalue weighted by molar-refractivity contribution is 8.00. The molecular formula is C26H22O7S. The summed E-state index contributed by atoms with van der Waals surface area (Å²) in [6, 6.07) is 25.1. The van der Waals surface area contributed by atoms with Crippen molar-refractivity contribution < 1.29 is 33.7 Å². The SMILES string of the molecule is O=C(OC[C@@H]1SC(O)C(OC(=O)c2ccccc2)[C@@H]1OC(=O)c1ccccc1)c1ccccc1. The lowest BCUT2D eigenvalue weighted by molar-refractivity contribution is -0.0557. The maximum atomic E-state index is 12.8. The van der Waals surface area contributed by atoms with Crippen LogP contribution in [0.4, 0.5) is 0 Å². The predicted molar refractivity (Wildman–Crippen MR) is 125 cm³/mol. The molecule has 4 rings (SSSR count). The van der Waals surface area contributed by atoms with Crippen LogP contribution in [0.1, 0.15) is 31.1 Å². The summed E-state index contributed by atoms with van der Waals surface area (Å²) in [4.78, 5) is 37.8. The van der Waals surface area contributed by atoms with E-state index in [-0.39, 0.29) is 6.61 Å². The summed E-state index contributed by atoms with van der Waals surface area (Å²) in [6.45, 7) is -0.151. The molecule has 1 saturated heterocycles. The minimum Gasteiger partial charge on any atom is -0.461 e. The Morgan fingerprint density at radius 2 is 1.06 bits per heavy atom. The van der Waals surface area contributed by atoms with E-state index in [4.69, 9.17) is 14.2 Å². The molecule has 0 radical (unpaired) electrons. The molecule has 3 aromatic carbocycles. The van der Waals surface area contributed by atoms with E-state index in [0.717, 1.165) is 11.8 Å². The van der Waals surface area contributed by atoms with Crippen LogP contribution in [0.25, 0.3) is 0 Å². The number of hydrogen-bond acceptors (Lipinski definition) is 8. The first-order valence-electron chi connectivity index (χ1n) is 10.6. The zero-order valence-corrected chi connectivity index (χ0v) is 18.8. The van der Waals surface area contributed by atoms with Crippen LogP contribution in [0, 0.1) is 0 Å². The summed E-state index contributed by atoms with van der Waals surface area (Å²) >= 11 is 1.02. The summed E-state index contributed by atoms with van der Waals surface area (Å²) in [7, 11) is 0. The standard InChI is InChI=1S/C26H22O7S/c27-23(17-10-4-1-5-11-17)31-16-20-21(32-24(28)18-12-6-2-7-13-18)22(26(30)34-20)33-25(29)19-14-8-3-9-15-19/h1-15,20-22,26,30H,16H2/t20-,21+,22?,26?/m0/s1. The van der Waals surface area contributed by atoms with Crippen molar-refractivity contribution in [3.05, 3.63) is 108 Å². The van der Waals surface area contributed by atoms with Crippen LogP contribution in [0.5, 0.6) is 0 Å². The van der Waals surface area contributed by atoms with Gasteiger partial charge in [-0.3, -0.25) is 0 Å². The van der Waals surface area contributed by atoms with E-state index in [1.54, 1.807) is 91.0 Å². The molecule has 0 aromatic heterocycles. The number of aliphatic hydroxyl groups excluding tert-OH is 1. The summed E-state index contributed by atoms with van der Waals surface area (Å²) in [5.74, 6) is -1.85. The molecule has 2 unspecified atom stereocenters. The van der Waals surface area contributed by atoms with Crippen LogP contribution in [0.3, 0.4) is 0 Å². The van der Waals surface area contributed by atoms with Crippen LogP contribution in [-0.2, 0) is 14.2 Å². The first-order chi connectivity index (χ1) is 16.5. The molecule has 8 heteroatoms. The molecule has 1 heterocycles. The Balaban J connectivity index is 1.51. The van der Waals surface area contributed by atoms with Gasteiger partial charge in [-0.1, -0.05) is 54.6 Å². The van der Waals surface area contributed by atoms with Crippen LogP contribution >= 0.6 is 11.8 Å². The van der Waals surface area contributed by atoms with Gasteiger partial charge in [-0.05, 0) is 36.4 Å². The molecule has 0 spiro atoms. The molecular weight excluding hydrogens is 456 g/mol. The minimum absolute atomic E-state index is 0.151. The highest BCUT2D eigenvalue weighted by Crippen LogP contribution is 2.38. The number of hydrogen-bond donors (Lipinski definition) is 1. The van der Waals surface area contributed by atoms with Gasteiger partial charge >= 0.3 is 17.9 Å². The van der Waals surface area contributed by atoms with Gasteiger partial charge in [-0.25, -0.2) is 14.4 Å².